The maximum atomic E-state index is 13.8. The fourth-order valence-electron chi connectivity index (χ4n) is 6.68. The van der Waals surface area contributed by atoms with Gasteiger partial charge >= 0.3 is 0 Å². The van der Waals surface area contributed by atoms with Crippen LogP contribution in [0.1, 0.15) is 58.7 Å². The molecular formula is C30H27N7O5S. The van der Waals surface area contributed by atoms with Gasteiger partial charge in [-0.2, -0.15) is 0 Å². The molecule has 0 radical (unpaired) electrons. The Morgan fingerprint density at radius 1 is 0.930 bits per heavy atom. The number of thiophene rings is 1. The molecule has 1 spiro atoms. The molecule has 1 aliphatic heterocycles. The zero-order chi connectivity index (χ0) is 30.4. The molecule has 5 heterocycles. The summed E-state index contributed by atoms with van der Waals surface area (Å²) >= 11 is 1.48. The number of likely N-dealkylation sites (tertiary alicyclic amines) is 1. The normalized spacial score (nSPS) is 19.8. The number of piperidine rings is 1. The van der Waals surface area contributed by atoms with Crippen molar-refractivity contribution in [2.75, 3.05) is 17.2 Å². The maximum absolute atomic E-state index is 13.8. The Kier molecular flexibility index (Phi) is 5.76. The van der Waals surface area contributed by atoms with E-state index >= 15 is 0 Å². The van der Waals surface area contributed by atoms with Crippen molar-refractivity contribution in [3.8, 4) is 0 Å². The van der Waals surface area contributed by atoms with Crippen LogP contribution in [0.15, 0.2) is 59.1 Å². The number of ketones is 1. The lowest BCUT2D eigenvalue weighted by Gasteiger charge is -2.28. The van der Waals surface area contributed by atoms with Crippen LogP contribution in [0.2, 0.25) is 0 Å². The van der Waals surface area contributed by atoms with Crippen LogP contribution in [0.4, 0.5) is 17.1 Å². The van der Waals surface area contributed by atoms with Gasteiger partial charge in [0.2, 0.25) is 0 Å². The summed E-state index contributed by atoms with van der Waals surface area (Å²) in [5.74, 6) is -0.866. The van der Waals surface area contributed by atoms with Gasteiger partial charge in [0.15, 0.2) is 5.78 Å². The SMILES string of the molecule is Cc1csc2c1[C@]13C[C@H]1CN(C(=O)c1cc(NC(=O)c4cc(NC(=O)c5cc(N=O)cn5C)cn4C)cn1C)C3=CC2=O. The number of anilines is 2. The van der Waals surface area contributed by atoms with Gasteiger partial charge in [-0.3, -0.25) is 19.2 Å². The van der Waals surface area contributed by atoms with Gasteiger partial charge in [-0.1, -0.05) is 0 Å². The third-order valence-corrected chi connectivity index (χ3v) is 9.83. The largest absolute Gasteiger partial charge is 0.344 e. The van der Waals surface area contributed by atoms with Gasteiger partial charge in [-0.15, -0.1) is 16.2 Å². The van der Waals surface area contributed by atoms with Crippen molar-refractivity contribution in [2.45, 2.75) is 18.8 Å². The minimum absolute atomic E-state index is 0.0524. The topological polar surface area (TPSA) is 140 Å². The molecule has 1 saturated carbocycles. The lowest BCUT2D eigenvalue weighted by molar-refractivity contribution is 0.0801. The molecule has 3 amide bonds. The second-order valence-electron chi connectivity index (χ2n) is 11.4. The Hall–Kier alpha value is -5.04. The van der Waals surface area contributed by atoms with Crippen LogP contribution in [-0.2, 0) is 26.6 Å². The summed E-state index contributed by atoms with van der Waals surface area (Å²) in [4.78, 5) is 65.9. The lowest BCUT2D eigenvalue weighted by atomic mass is 9.84. The average molecular weight is 598 g/mol. The molecule has 7 rings (SSSR count). The van der Waals surface area contributed by atoms with Crippen molar-refractivity contribution in [3.05, 3.63) is 91.9 Å². The summed E-state index contributed by atoms with van der Waals surface area (Å²) in [5.41, 5.74) is 4.59. The fraction of sp³-hybridized carbons (Fsp3) is 0.267. The number of fused-ring (bicyclic) bond motifs is 1. The summed E-state index contributed by atoms with van der Waals surface area (Å²) in [5, 5.41) is 10.4. The van der Waals surface area contributed by atoms with Gasteiger partial charge in [0.1, 0.15) is 22.8 Å². The van der Waals surface area contributed by atoms with Crippen LogP contribution >= 0.6 is 11.3 Å². The van der Waals surface area contributed by atoms with Crippen molar-refractivity contribution < 1.29 is 19.2 Å². The van der Waals surface area contributed by atoms with Gasteiger partial charge in [0.05, 0.1) is 16.3 Å². The number of hydrogen-bond acceptors (Lipinski definition) is 7. The number of nitroso groups, excluding NO2 is 1. The molecule has 0 unspecified atom stereocenters. The molecule has 1 saturated heterocycles. The highest BCUT2D eigenvalue weighted by molar-refractivity contribution is 7.12. The van der Waals surface area contributed by atoms with Gasteiger partial charge in [-0.05, 0) is 59.1 Å². The molecule has 0 aromatic carbocycles. The highest BCUT2D eigenvalue weighted by Gasteiger charge is 2.68. The van der Waals surface area contributed by atoms with Gasteiger partial charge in [-0.25, -0.2) is 0 Å². The molecule has 2 N–H and O–H groups in total. The van der Waals surface area contributed by atoms with Crippen molar-refractivity contribution in [2.24, 2.45) is 32.2 Å². The first-order valence-corrected chi connectivity index (χ1v) is 14.5. The molecule has 2 aliphatic carbocycles. The summed E-state index contributed by atoms with van der Waals surface area (Å²) in [6.45, 7) is 2.58. The number of amides is 3. The van der Waals surface area contributed by atoms with Crippen LogP contribution in [0, 0.1) is 17.7 Å². The molecule has 218 valence electrons. The number of nitrogens with zero attached hydrogens (tertiary/aromatic N) is 5. The number of allylic oxidation sites excluding steroid dienone is 2. The van der Waals surface area contributed by atoms with E-state index in [1.165, 1.54) is 34.2 Å². The number of carbonyl (C=O) groups is 4. The molecule has 2 fully saturated rings. The first-order valence-electron chi connectivity index (χ1n) is 13.6. The van der Waals surface area contributed by atoms with E-state index in [9.17, 15) is 24.1 Å². The molecule has 4 aromatic rings. The summed E-state index contributed by atoms with van der Waals surface area (Å²) in [6.07, 6.45) is 7.29. The molecule has 12 nitrogen and oxygen atoms in total. The number of aryl methyl sites for hydroxylation is 4. The van der Waals surface area contributed by atoms with E-state index in [1.807, 2.05) is 12.3 Å². The summed E-state index contributed by atoms with van der Waals surface area (Å²) in [7, 11) is 5.04. The van der Waals surface area contributed by atoms with E-state index in [-0.39, 0.29) is 34.2 Å². The monoisotopic (exact) mass is 597 g/mol. The van der Waals surface area contributed by atoms with Crippen LogP contribution in [0.5, 0.6) is 0 Å². The van der Waals surface area contributed by atoms with E-state index in [2.05, 4.69) is 15.8 Å². The highest BCUT2D eigenvalue weighted by Crippen LogP contribution is 2.68. The second kappa shape index (κ2) is 9.23. The molecule has 4 aromatic heterocycles. The Morgan fingerprint density at radius 3 is 2.19 bits per heavy atom. The molecule has 43 heavy (non-hydrogen) atoms. The number of rotatable bonds is 6. The molecule has 3 aliphatic rings. The Morgan fingerprint density at radius 2 is 1.53 bits per heavy atom. The smallest absolute Gasteiger partial charge is 0.274 e. The van der Waals surface area contributed by atoms with Crippen molar-refractivity contribution in [1.29, 1.82) is 0 Å². The number of hydrogen-bond donors (Lipinski definition) is 2. The van der Waals surface area contributed by atoms with E-state index < -0.39 is 11.8 Å². The van der Waals surface area contributed by atoms with Crippen LogP contribution in [-0.4, -0.2) is 48.7 Å². The number of nitrogens with one attached hydrogen (secondary N) is 2. The molecule has 0 bridgehead atoms. The van der Waals surface area contributed by atoms with E-state index in [0.29, 0.717) is 29.5 Å². The molecule has 13 heteroatoms. The third-order valence-electron chi connectivity index (χ3n) is 8.72. The summed E-state index contributed by atoms with van der Waals surface area (Å²) in [6, 6.07) is 4.54. The second-order valence-corrected chi connectivity index (χ2v) is 12.3. The molecular weight excluding hydrogens is 570 g/mol. The zero-order valence-electron chi connectivity index (χ0n) is 23.8. The Bertz CT molecular complexity index is 1960. The maximum Gasteiger partial charge on any atom is 0.274 e. The van der Waals surface area contributed by atoms with Crippen molar-refractivity contribution in [3.63, 3.8) is 0 Å². The van der Waals surface area contributed by atoms with Crippen molar-refractivity contribution >= 4 is 51.9 Å². The van der Waals surface area contributed by atoms with E-state index in [1.54, 1.807) is 59.7 Å². The first-order chi connectivity index (χ1) is 20.5. The van der Waals surface area contributed by atoms with Gasteiger partial charge in [0, 0.05) is 63.5 Å². The van der Waals surface area contributed by atoms with Crippen molar-refractivity contribution in [1.82, 2.24) is 18.6 Å². The van der Waals surface area contributed by atoms with Crippen LogP contribution in [0.25, 0.3) is 0 Å². The zero-order valence-corrected chi connectivity index (χ0v) is 24.6. The third kappa shape index (κ3) is 3.95. The standard InChI is InChI=1S/C30H27N7O5S/c1-15-14-43-26-23(38)8-24-30(25(15)26)9-16(30)10-37(24)29(41)22-6-18(12-36(22)4)32-27(39)20-5-17(11-34(20)2)31-28(40)21-7-19(33-42)13-35(21)3/h5-8,11-14,16H,9-10H2,1-4H3,(H,31,40)(H,32,39)/t16-,30+/m0/s1. The Balaban J connectivity index is 1.07. The average Bonchev–Trinajstić information content (AvgIpc) is 3.48. The first kappa shape index (κ1) is 26.8. The predicted octanol–water partition coefficient (Wildman–Crippen LogP) is 4.47. The van der Waals surface area contributed by atoms with Crippen LogP contribution < -0.4 is 10.6 Å². The van der Waals surface area contributed by atoms with Gasteiger partial charge < -0.3 is 29.2 Å². The fourth-order valence-corrected chi connectivity index (χ4v) is 7.73. The molecule has 2 atom stereocenters. The Labute approximate surface area is 249 Å². The van der Waals surface area contributed by atoms with Crippen LogP contribution in [0.3, 0.4) is 0 Å². The van der Waals surface area contributed by atoms with E-state index in [4.69, 9.17) is 0 Å². The minimum Gasteiger partial charge on any atom is -0.344 e. The number of carbonyl (C=O) groups excluding carboxylic acids is 4. The quantitative estimate of drug-likeness (QED) is 0.316. The lowest BCUT2D eigenvalue weighted by Crippen LogP contribution is -2.34. The summed E-state index contributed by atoms with van der Waals surface area (Å²) < 4.78 is 4.73. The predicted molar refractivity (Wildman–Crippen MR) is 160 cm³/mol. The van der Waals surface area contributed by atoms with Gasteiger partial charge in [0.25, 0.3) is 17.7 Å². The number of aromatic nitrogens is 3. The highest BCUT2D eigenvalue weighted by atomic mass is 32.1. The van der Waals surface area contributed by atoms with E-state index in [0.717, 1.165) is 28.1 Å². The minimum atomic E-state index is -0.456.